The molecule has 27 heavy (non-hydrogen) atoms. The highest BCUT2D eigenvalue weighted by Gasteiger charge is 2.15. The third-order valence-corrected chi connectivity index (χ3v) is 4.52. The van der Waals surface area contributed by atoms with Gasteiger partial charge in [-0.25, -0.2) is 0 Å². The normalized spacial score (nSPS) is 21.1. The van der Waals surface area contributed by atoms with Gasteiger partial charge in [0.2, 0.25) is 0 Å². The van der Waals surface area contributed by atoms with Gasteiger partial charge in [0.05, 0.1) is 18.8 Å². The van der Waals surface area contributed by atoms with Crippen LogP contribution in [0, 0.1) is 0 Å². The average Bonchev–Trinajstić information content (AvgIpc) is 3.18. The molecule has 160 valence electrons. The summed E-state index contributed by atoms with van der Waals surface area (Å²) in [5.74, 6) is 0.873. The summed E-state index contributed by atoms with van der Waals surface area (Å²) in [7, 11) is 0. The Kier molecular flexibility index (Phi) is 15.4. The van der Waals surface area contributed by atoms with Gasteiger partial charge in [-0.3, -0.25) is 4.99 Å². The summed E-state index contributed by atoms with van der Waals surface area (Å²) < 4.78 is 22.4. The Labute approximate surface area is 181 Å². The molecule has 0 amide bonds. The summed E-state index contributed by atoms with van der Waals surface area (Å²) in [6, 6.07) is 0. The number of halogens is 1. The fraction of sp³-hybridized carbons (Fsp3) is 0.947. The van der Waals surface area contributed by atoms with Crippen LogP contribution in [0.2, 0.25) is 0 Å². The number of rotatable bonds is 12. The van der Waals surface area contributed by atoms with Crippen molar-refractivity contribution < 1.29 is 18.9 Å². The lowest BCUT2D eigenvalue weighted by molar-refractivity contribution is -0.0320. The lowest BCUT2D eigenvalue weighted by Crippen LogP contribution is -2.38. The first-order chi connectivity index (χ1) is 12.9. The van der Waals surface area contributed by atoms with Crippen LogP contribution in [-0.2, 0) is 18.9 Å². The van der Waals surface area contributed by atoms with Crippen molar-refractivity contribution in [2.45, 2.75) is 57.7 Å². The van der Waals surface area contributed by atoms with Crippen molar-refractivity contribution in [1.82, 2.24) is 10.6 Å². The third-order valence-electron chi connectivity index (χ3n) is 4.52. The van der Waals surface area contributed by atoms with Crippen LogP contribution in [0.4, 0.5) is 0 Å². The highest BCUT2D eigenvalue weighted by molar-refractivity contribution is 14.0. The number of hydrogen-bond donors (Lipinski definition) is 2. The predicted octanol–water partition coefficient (Wildman–Crippen LogP) is 2.33. The summed E-state index contributed by atoms with van der Waals surface area (Å²) >= 11 is 0. The molecule has 0 saturated carbocycles. The lowest BCUT2D eigenvalue weighted by Gasteiger charge is -2.22. The molecule has 8 heteroatoms. The van der Waals surface area contributed by atoms with Gasteiger partial charge in [0.15, 0.2) is 5.96 Å². The molecule has 2 aliphatic rings. The summed E-state index contributed by atoms with van der Waals surface area (Å²) in [5.41, 5.74) is 0. The second kappa shape index (κ2) is 16.8. The fourth-order valence-electron chi connectivity index (χ4n) is 3.06. The minimum Gasteiger partial charge on any atom is -0.381 e. The number of nitrogens with one attached hydrogen (secondary N) is 2. The van der Waals surface area contributed by atoms with Gasteiger partial charge in [0.25, 0.3) is 0 Å². The number of ether oxygens (including phenoxy) is 4. The Bertz CT molecular complexity index is 376. The Hall–Kier alpha value is -0.160. The van der Waals surface area contributed by atoms with Crippen LogP contribution in [0.1, 0.15) is 45.4 Å². The zero-order valence-electron chi connectivity index (χ0n) is 16.7. The van der Waals surface area contributed by atoms with Crippen LogP contribution in [0.25, 0.3) is 0 Å². The van der Waals surface area contributed by atoms with E-state index in [4.69, 9.17) is 18.9 Å². The van der Waals surface area contributed by atoms with Crippen LogP contribution >= 0.6 is 24.0 Å². The molecule has 0 aliphatic carbocycles. The monoisotopic (exact) mass is 499 g/mol. The van der Waals surface area contributed by atoms with Crippen molar-refractivity contribution in [1.29, 1.82) is 0 Å². The van der Waals surface area contributed by atoms with Gasteiger partial charge in [-0.15, -0.1) is 24.0 Å². The SMILES string of the molecule is CCNC(=NCCCOCC1CCCO1)NCCCOC1CCOCC1.I. The summed E-state index contributed by atoms with van der Waals surface area (Å²) in [6.45, 7) is 9.36. The molecule has 2 rings (SSSR count). The van der Waals surface area contributed by atoms with E-state index in [9.17, 15) is 0 Å². The third kappa shape index (κ3) is 12.1. The van der Waals surface area contributed by atoms with Crippen molar-refractivity contribution >= 4 is 29.9 Å². The van der Waals surface area contributed by atoms with Crippen molar-refractivity contribution in [3.8, 4) is 0 Å². The van der Waals surface area contributed by atoms with E-state index in [0.29, 0.717) is 12.2 Å². The molecular weight excluding hydrogens is 461 g/mol. The van der Waals surface area contributed by atoms with Crippen molar-refractivity contribution in [3.05, 3.63) is 0 Å². The zero-order valence-corrected chi connectivity index (χ0v) is 19.1. The van der Waals surface area contributed by atoms with E-state index in [-0.39, 0.29) is 24.0 Å². The number of hydrogen-bond acceptors (Lipinski definition) is 5. The Balaban J connectivity index is 0.00000364. The van der Waals surface area contributed by atoms with Gasteiger partial charge >= 0.3 is 0 Å². The maximum atomic E-state index is 5.89. The Morgan fingerprint density at radius 1 is 1.07 bits per heavy atom. The van der Waals surface area contributed by atoms with E-state index >= 15 is 0 Å². The van der Waals surface area contributed by atoms with E-state index in [2.05, 4.69) is 22.5 Å². The first-order valence-corrected chi connectivity index (χ1v) is 10.3. The van der Waals surface area contributed by atoms with Crippen molar-refractivity contribution in [2.75, 3.05) is 59.3 Å². The van der Waals surface area contributed by atoms with Gasteiger partial charge < -0.3 is 29.6 Å². The molecule has 0 aromatic heterocycles. The van der Waals surface area contributed by atoms with Crippen LogP contribution in [0.15, 0.2) is 4.99 Å². The molecule has 1 atom stereocenters. The van der Waals surface area contributed by atoms with E-state index in [0.717, 1.165) is 104 Å². The van der Waals surface area contributed by atoms with Gasteiger partial charge in [0.1, 0.15) is 0 Å². The van der Waals surface area contributed by atoms with E-state index in [1.807, 2.05) is 0 Å². The first-order valence-electron chi connectivity index (χ1n) is 10.3. The lowest BCUT2D eigenvalue weighted by atomic mass is 10.1. The molecule has 2 heterocycles. The Morgan fingerprint density at radius 2 is 1.93 bits per heavy atom. The molecule has 0 spiro atoms. The zero-order chi connectivity index (χ0) is 18.3. The first kappa shape index (κ1) is 24.9. The second-order valence-corrected chi connectivity index (χ2v) is 6.79. The van der Waals surface area contributed by atoms with Gasteiger partial charge in [-0.05, 0) is 45.4 Å². The summed E-state index contributed by atoms with van der Waals surface area (Å²) in [6.07, 6.45) is 6.92. The van der Waals surface area contributed by atoms with Crippen LogP contribution in [-0.4, -0.2) is 77.4 Å². The number of guanidine groups is 1. The van der Waals surface area contributed by atoms with Gasteiger partial charge in [0, 0.05) is 52.7 Å². The second-order valence-electron chi connectivity index (χ2n) is 6.79. The van der Waals surface area contributed by atoms with E-state index in [1.54, 1.807) is 0 Å². The number of nitrogens with zero attached hydrogens (tertiary/aromatic N) is 1. The van der Waals surface area contributed by atoms with Crippen molar-refractivity contribution in [2.24, 2.45) is 4.99 Å². The molecule has 2 saturated heterocycles. The van der Waals surface area contributed by atoms with Gasteiger partial charge in [-0.1, -0.05) is 0 Å². The maximum absolute atomic E-state index is 5.89. The van der Waals surface area contributed by atoms with Crippen LogP contribution < -0.4 is 10.6 Å². The largest absolute Gasteiger partial charge is 0.381 e. The summed E-state index contributed by atoms with van der Waals surface area (Å²) in [4.78, 5) is 4.60. The van der Waals surface area contributed by atoms with Gasteiger partial charge in [-0.2, -0.15) is 0 Å². The molecule has 0 aromatic rings. The van der Waals surface area contributed by atoms with Crippen LogP contribution in [0.5, 0.6) is 0 Å². The molecule has 0 bridgehead atoms. The molecule has 1 unspecified atom stereocenters. The fourth-order valence-corrected chi connectivity index (χ4v) is 3.06. The number of aliphatic imine (C=N–C) groups is 1. The molecular formula is C19H38IN3O4. The van der Waals surface area contributed by atoms with E-state index < -0.39 is 0 Å². The van der Waals surface area contributed by atoms with Crippen molar-refractivity contribution in [3.63, 3.8) is 0 Å². The maximum Gasteiger partial charge on any atom is 0.191 e. The minimum absolute atomic E-state index is 0. The standard InChI is InChI=1S/C19H37N3O4.HI/c1-2-20-19(21-9-4-11-24-16-18-6-3-12-26-18)22-10-5-13-25-17-7-14-23-15-8-17;/h17-18H,2-16H2,1H3,(H2,20,21,22);1H. The molecule has 2 N–H and O–H groups in total. The smallest absolute Gasteiger partial charge is 0.191 e. The molecule has 2 fully saturated rings. The predicted molar refractivity (Wildman–Crippen MR) is 118 cm³/mol. The molecule has 0 radical (unpaired) electrons. The molecule has 0 aromatic carbocycles. The van der Waals surface area contributed by atoms with Crippen LogP contribution in [0.3, 0.4) is 0 Å². The Morgan fingerprint density at radius 3 is 2.67 bits per heavy atom. The minimum atomic E-state index is 0. The summed E-state index contributed by atoms with van der Waals surface area (Å²) in [5, 5.41) is 6.65. The van der Waals surface area contributed by atoms with E-state index in [1.165, 1.54) is 0 Å². The highest BCUT2D eigenvalue weighted by Crippen LogP contribution is 2.12. The topological polar surface area (TPSA) is 73.3 Å². The molecule has 2 aliphatic heterocycles. The highest BCUT2D eigenvalue weighted by atomic mass is 127. The molecule has 7 nitrogen and oxygen atoms in total. The quantitative estimate of drug-likeness (QED) is 0.186. The average molecular weight is 499 g/mol.